The molecule has 0 saturated carbocycles. The Kier molecular flexibility index (Phi) is 39.5. The molecule has 59 nitrogen and oxygen atoms in total. The zero-order valence-electron chi connectivity index (χ0n) is 73.3. The predicted octanol–water partition coefficient (Wildman–Crippen LogP) is -22.2. The van der Waals surface area contributed by atoms with E-state index in [4.69, 9.17) is 99.5 Å². The molecule has 11 heterocycles. The molecule has 59 heteroatoms. The van der Waals surface area contributed by atoms with Gasteiger partial charge in [0.2, 0.25) is 29.5 Å². The third-order valence-electron chi connectivity index (χ3n) is 24.9. The van der Waals surface area contributed by atoms with Gasteiger partial charge in [0.25, 0.3) is 0 Å². The second-order valence-corrected chi connectivity index (χ2v) is 34.5. The first-order chi connectivity index (χ1) is 63.8. The molecule has 0 aromatic heterocycles. The molecule has 5 amide bonds. The summed E-state index contributed by atoms with van der Waals surface area (Å²) in [5.74, 6) is -4.95. The summed E-state index contributed by atoms with van der Waals surface area (Å²) in [7, 11) is 0. The van der Waals surface area contributed by atoms with Crippen LogP contribution in [0.2, 0.25) is 0 Å². The van der Waals surface area contributed by atoms with Crippen molar-refractivity contribution in [2.45, 2.75) is 386 Å². The molecule has 780 valence electrons. The molecule has 135 heavy (non-hydrogen) atoms. The zero-order chi connectivity index (χ0) is 99.4. The van der Waals surface area contributed by atoms with Crippen molar-refractivity contribution in [2.24, 2.45) is 0 Å². The third-order valence-corrected chi connectivity index (χ3v) is 24.9. The number of ether oxygens (including phenoxy) is 21. The Bertz CT molecular complexity index is 3750. The van der Waals surface area contributed by atoms with Crippen molar-refractivity contribution >= 4 is 29.5 Å². The van der Waals surface area contributed by atoms with Gasteiger partial charge < -0.3 is 269 Å². The van der Waals surface area contributed by atoms with Crippen molar-refractivity contribution in [1.29, 1.82) is 0 Å². The molecule has 11 fully saturated rings. The lowest BCUT2D eigenvalue weighted by Crippen LogP contribution is -2.72. The number of aliphatic hydroxyl groups excluding tert-OH is 28. The van der Waals surface area contributed by atoms with Crippen LogP contribution >= 0.6 is 0 Å². The van der Waals surface area contributed by atoms with E-state index in [0.717, 1.165) is 34.6 Å². The highest BCUT2D eigenvalue weighted by Gasteiger charge is 2.64. The second kappa shape index (κ2) is 48.2. The van der Waals surface area contributed by atoms with Gasteiger partial charge >= 0.3 is 0 Å². The highest BCUT2D eigenvalue weighted by molar-refractivity contribution is 5.75. The van der Waals surface area contributed by atoms with Crippen LogP contribution in [0.25, 0.3) is 0 Å². The van der Waals surface area contributed by atoms with Crippen LogP contribution in [-0.2, 0) is 123 Å². The van der Waals surface area contributed by atoms with Crippen LogP contribution in [0.1, 0.15) is 48.5 Å². The topological polar surface area (TPSA) is 906 Å². The summed E-state index contributed by atoms with van der Waals surface area (Å²) in [5.41, 5.74) is 0. The summed E-state index contributed by atoms with van der Waals surface area (Å²) in [5, 5.41) is 330. The number of aliphatic hydroxyl groups is 28. The second-order valence-electron chi connectivity index (χ2n) is 34.5. The average molecular weight is 1970 g/mol. The first kappa shape index (κ1) is 111. The van der Waals surface area contributed by atoms with E-state index in [9.17, 15) is 167 Å². The average Bonchev–Trinajstić information content (AvgIpc) is 0.757. The number of carbonyl (C=O) groups excluding carboxylic acids is 5. The van der Waals surface area contributed by atoms with Gasteiger partial charge in [0.1, 0.15) is 256 Å². The molecule has 33 N–H and O–H groups in total. The lowest BCUT2D eigenvalue weighted by Gasteiger charge is -2.52. The third kappa shape index (κ3) is 24.6. The van der Waals surface area contributed by atoms with Gasteiger partial charge in [0.05, 0.1) is 71.7 Å². The normalized spacial score (nSPS) is 49.5. The van der Waals surface area contributed by atoms with Crippen molar-refractivity contribution in [1.82, 2.24) is 26.6 Å². The maximum atomic E-state index is 13.9. The summed E-state index contributed by atoms with van der Waals surface area (Å²) < 4.78 is 127. The number of carbonyl (C=O) groups is 5. The SMILES string of the molecule is CC(=O)N[C@H]1[C@@H](O[C@H]2[C@@H](O)[C@@H](CO)O[C@@H](O[C@H]3[C@H](O)[C@@H](CO)O[C@@H](O[C@H]4[C@@H](O)[C@@H](CO[C@@H]5O[C@H](CO)[C@@H](O)[C@H](O[C@@H]6O[C@H](CO)[C@H](O)[C@H](O)[C@H]6O[C@@H]6O[C@@H](C)[C@@H](O)[C@@H](O)[C@@H]6O)[C@H]5NC(C)=O)O[C@@H](O[C@H]5[C@H](O)[C@@H](CO)O[C@@H](O[C@H]6[C@@H](O)[C@@H](CO)O[C@@H](O[C@H]7[C@@H](O)[C@@H](CO)OC(O)[C@@H]7NC(C)=O)[C@@H]6O)[C@@H]5NC(C)=O)[C@@H]4O)[C@@H]3NC(C)=O)[C@@H]2O[C@@H]2O[C@@H](C)[C@@H](O)[C@@H](O)[C@@H]2O)O[C@H](CO)[C@H](O)[C@@H]1O. The molecule has 11 rings (SSSR count). The molecule has 1 unspecified atom stereocenters. The van der Waals surface area contributed by atoms with Crippen molar-refractivity contribution < 1.29 is 266 Å². The van der Waals surface area contributed by atoms with E-state index in [1.807, 2.05) is 0 Å². The number of amides is 5. The Morgan fingerprint density at radius 2 is 0.452 bits per heavy atom. The Balaban J connectivity index is 0.980. The minimum absolute atomic E-state index is 0.843. The van der Waals surface area contributed by atoms with Gasteiger partial charge in [0, 0.05) is 34.6 Å². The van der Waals surface area contributed by atoms with Gasteiger partial charge in [-0.3, -0.25) is 24.0 Å². The fraction of sp³-hybridized carbons (Fsp3) is 0.934. The molecule has 11 aliphatic rings. The van der Waals surface area contributed by atoms with Crippen molar-refractivity contribution in [3.05, 3.63) is 0 Å². The fourth-order valence-corrected chi connectivity index (χ4v) is 17.7. The summed E-state index contributed by atoms with van der Waals surface area (Å²) >= 11 is 0. The lowest BCUT2D eigenvalue weighted by atomic mass is 9.93. The predicted molar refractivity (Wildman–Crippen MR) is 417 cm³/mol. The maximum absolute atomic E-state index is 13.9. The number of hydrogen-bond donors (Lipinski definition) is 33. The number of rotatable bonds is 34. The van der Waals surface area contributed by atoms with E-state index in [1.165, 1.54) is 13.8 Å². The first-order valence-corrected chi connectivity index (χ1v) is 43.4. The number of hydrogen-bond acceptors (Lipinski definition) is 54. The van der Waals surface area contributed by atoms with Gasteiger partial charge in [-0.2, -0.15) is 0 Å². The Labute approximate surface area is 765 Å². The first-order valence-electron chi connectivity index (χ1n) is 43.4. The van der Waals surface area contributed by atoms with E-state index in [1.54, 1.807) is 0 Å². The van der Waals surface area contributed by atoms with Crippen LogP contribution in [0, 0.1) is 0 Å². The standard InChI is InChI=1S/C76H127N5O54/c1-17-38(95)50(107)53(110)71(116-17)134-64-52(109)41(98)25(9-83)124-75(64)129-58-35(79-21(5)92)67(119-27(11-85)43(58)100)115-16-32-48(105)62(56(113)74(126-32)128-59-36(80-22(6)93)69(121-28(12-86)44(59)101)131-61-46(103)30(14-88)123-73(55(61)112)127-57-34(78-20(4)91)66(114)118-26(10-84)42(57)99)132-70-37(81-23(7)94)60(45(102)29(13-87)122-70)130-76-65(135-72-54(111)51(108)39(96)18(2)117-72)63(47(104)31(15-89)125-76)133-68-33(77-19(3)90)49(106)40(97)24(8-82)120-68/h17-18,24-76,82-89,95-114H,8-16H2,1-7H3,(H,77,90)(H,78,91)(H,79,92)(H,80,93)(H,81,94)/t17-,18-,24+,25+,26+,27+,28+,29+,30+,31+,32+,33+,34+,35+,36+,37+,38+,39+,40-,41-,42-,43+,44+,45+,46-,47-,48-,49+,50+,51+,52-,53-,54-,55+,56+,57+,58+,59+,60+,61-,62-,63-,64+,65+,66?,67+,68+,69-,70-,71-,72-,73-,74-,75-,76-/m0/s1. The van der Waals surface area contributed by atoms with E-state index < -0.39 is 426 Å². The van der Waals surface area contributed by atoms with Gasteiger partial charge in [-0.05, 0) is 13.8 Å². The highest BCUT2D eigenvalue weighted by atomic mass is 16.8. The van der Waals surface area contributed by atoms with Crippen LogP contribution in [0.4, 0.5) is 0 Å². The molecule has 55 atom stereocenters. The molecule has 0 spiro atoms. The minimum atomic E-state index is -2.72. The van der Waals surface area contributed by atoms with E-state index in [2.05, 4.69) is 26.6 Å². The molecule has 0 aromatic carbocycles. The Hall–Kier alpha value is -4.61. The van der Waals surface area contributed by atoms with Crippen LogP contribution in [-0.4, -0.2) is 569 Å². The van der Waals surface area contributed by atoms with E-state index in [-0.39, 0.29) is 0 Å². The largest absolute Gasteiger partial charge is 0.394 e. The monoisotopic (exact) mass is 1970 g/mol. The van der Waals surface area contributed by atoms with Crippen molar-refractivity contribution in [3.63, 3.8) is 0 Å². The van der Waals surface area contributed by atoms with Crippen LogP contribution in [0.5, 0.6) is 0 Å². The number of nitrogens with one attached hydrogen (secondary N) is 5. The van der Waals surface area contributed by atoms with Gasteiger partial charge in [0.15, 0.2) is 69.2 Å². The zero-order valence-corrected chi connectivity index (χ0v) is 73.3. The van der Waals surface area contributed by atoms with Crippen molar-refractivity contribution in [3.8, 4) is 0 Å². The molecule has 0 radical (unpaired) electrons. The molecule has 0 bridgehead atoms. The maximum Gasteiger partial charge on any atom is 0.217 e. The molecule has 0 aliphatic carbocycles. The van der Waals surface area contributed by atoms with Gasteiger partial charge in [-0.25, -0.2) is 0 Å². The van der Waals surface area contributed by atoms with Crippen LogP contribution in [0.3, 0.4) is 0 Å². The van der Waals surface area contributed by atoms with Crippen LogP contribution < -0.4 is 26.6 Å². The minimum Gasteiger partial charge on any atom is -0.394 e. The Morgan fingerprint density at radius 1 is 0.207 bits per heavy atom. The summed E-state index contributed by atoms with van der Waals surface area (Å²) in [4.78, 5) is 66.2. The molecular formula is C76H127N5O54. The quantitative estimate of drug-likeness (QED) is 0.0284. The summed E-state index contributed by atoms with van der Waals surface area (Å²) in [6, 6.07) is -9.95. The molecule has 11 saturated heterocycles. The van der Waals surface area contributed by atoms with E-state index in [0.29, 0.717) is 0 Å². The van der Waals surface area contributed by atoms with Gasteiger partial charge in [-0.15, -0.1) is 0 Å². The Morgan fingerprint density at radius 3 is 0.844 bits per heavy atom. The molecular weight excluding hydrogens is 1850 g/mol. The summed E-state index contributed by atoms with van der Waals surface area (Å²) in [6.07, 6.45) is -107. The van der Waals surface area contributed by atoms with Gasteiger partial charge in [-0.1, -0.05) is 0 Å². The smallest absolute Gasteiger partial charge is 0.217 e. The molecule has 0 aromatic rings. The van der Waals surface area contributed by atoms with Crippen molar-refractivity contribution in [2.75, 3.05) is 59.5 Å². The fourth-order valence-electron chi connectivity index (χ4n) is 17.7. The summed E-state index contributed by atoms with van der Waals surface area (Å²) in [6.45, 7) is -3.52. The van der Waals surface area contributed by atoms with Crippen LogP contribution in [0.15, 0.2) is 0 Å². The molecule has 11 aliphatic heterocycles. The van der Waals surface area contributed by atoms with E-state index >= 15 is 0 Å². The highest BCUT2D eigenvalue weighted by Crippen LogP contribution is 2.43. The lowest BCUT2D eigenvalue weighted by molar-refractivity contribution is -0.401.